The smallest absolute Gasteiger partial charge is 0.137 e. The molecule has 0 fully saturated rings. The third kappa shape index (κ3) is 3.14. The molecule has 0 unspecified atom stereocenters. The summed E-state index contributed by atoms with van der Waals surface area (Å²) in [4.78, 5) is 8.39. The summed E-state index contributed by atoms with van der Waals surface area (Å²) in [5, 5.41) is 7.51. The lowest BCUT2D eigenvalue weighted by atomic mass is 9.93. The van der Waals surface area contributed by atoms with Crippen molar-refractivity contribution in [3.63, 3.8) is 0 Å². The number of fused-ring (bicyclic) bond motifs is 2. The minimum Gasteiger partial charge on any atom is -0.456 e. The maximum atomic E-state index is 6.22. The molecular weight excluding hydrogens is 354 g/mol. The Hall–Kier alpha value is -3.27. The Balaban J connectivity index is 2.13. The van der Waals surface area contributed by atoms with Gasteiger partial charge in [0.2, 0.25) is 0 Å². The van der Waals surface area contributed by atoms with Crippen molar-refractivity contribution in [3.8, 4) is 22.5 Å². The number of hydrogen-bond donors (Lipinski definition) is 1. The highest BCUT2D eigenvalue weighted by atomic mass is 32.1. The lowest BCUT2D eigenvalue weighted by Crippen LogP contribution is -2.02. The summed E-state index contributed by atoms with van der Waals surface area (Å²) >= 11 is 4.75. The molecule has 0 saturated heterocycles. The topological polar surface area (TPSA) is 49.9 Å². The van der Waals surface area contributed by atoms with Gasteiger partial charge in [-0.05, 0) is 54.2 Å². The minimum absolute atomic E-state index is 0.775. The van der Waals surface area contributed by atoms with E-state index in [1.807, 2.05) is 49.5 Å². The highest BCUT2D eigenvalue weighted by Gasteiger charge is 2.17. The molecule has 2 aliphatic rings. The third-order valence-corrected chi connectivity index (χ3v) is 4.65. The fraction of sp³-hybridized carbons (Fsp3) is 0.0909. The molecule has 5 heteroatoms. The standard InChI is InChI=1S/C22H17N3OS/c1-23-15-6-8-18-20(11-15)26-21-12-16(24-2)7-9-19(21)22(18)14-4-3-5-17(10-14)25-13-27/h3-12,23H,1-2H3. The van der Waals surface area contributed by atoms with Gasteiger partial charge >= 0.3 is 0 Å². The zero-order chi connectivity index (χ0) is 18.8. The van der Waals surface area contributed by atoms with Crippen LogP contribution in [-0.2, 0) is 0 Å². The van der Waals surface area contributed by atoms with E-state index in [1.54, 1.807) is 7.05 Å². The van der Waals surface area contributed by atoms with Crippen molar-refractivity contribution in [3.05, 3.63) is 66.0 Å². The number of hydrogen-bond acceptors (Lipinski definition) is 5. The van der Waals surface area contributed by atoms with E-state index in [9.17, 15) is 0 Å². The van der Waals surface area contributed by atoms with E-state index in [2.05, 4.69) is 38.7 Å². The first-order valence-electron chi connectivity index (χ1n) is 8.53. The van der Waals surface area contributed by atoms with Crippen LogP contribution in [0.4, 0.5) is 11.4 Å². The molecule has 0 atom stereocenters. The number of nitrogens with one attached hydrogen (secondary N) is 1. The Kier molecular flexibility index (Phi) is 4.55. The molecule has 0 radical (unpaired) electrons. The van der Waals surface area contributed by atoms with Crippen LogP contribution in [0.1, 0.15) is 0 Å². The second kappa shape index (κ2) is 7.16. The second-order valence-corrected chi connectivity index (χ2v) is 6.28. The Morgan fingerprint density at radius 1 is 1.04 bits per heavy atom. The van der Waals surface area contributed by atoms with Gasteiger partial charge in [-0.2, -0.15) is 4.99 Å². The molecular formula is C22H17N3OS. The quantitative estimate of drug-likeness (QED) is 0.293. The maximum Gasteiger partial charge on any atom is 0.137 e. The molecule has 4 rings (SSSR count). The molecule has 2 aromatic rings. The normalized spacial score (nSPS) is 11.6. The molecule has 27 heavy (non-hydrogen) atoms. The Labute approximate surface area is 162 Å². The number of nitrogens with zero attached hydrogens (tertiary/aromatic N) is 2. The fourth-order valence-electron chi connectivity index (χ4n) is 3.27. The van der Waals surface area contributed by atoms with Crippen LogP contribution in [0.5, 0.6) is 0 Å². The van der Waals surface area contributed by atoms with Crippen LogP contribution in [0.2, 0.25) is 0 Å². The fourth-order valence-corrected chi connectivity index (χ4v) is 3.37. The van der Waals surface area contributed by atoms with Crippen LogP contribution < -0.4 is 10.7 Å². The van der Waals surface area contributed by atoms with Crippen LogP contribution in [-0.4, -0.2) is 19.3 Å². The van der Waals surface area contributed by atoms with Gasteiger partial charge in [0.25, 0.3) is 0 Å². The predicted molar refractivity (Wildman–Crippen MR) is 114 cm³/mol. The highest BCUT2D eigenvalue weighted by molar-refractivity contribution is 7.78. The molecule has 1 aliphatic heterocycles. The Morgan fingerprint density at radius 3 is 2.70 bits per heavy atom. The van der Waals surface area contributed by atoms with E-state index >= 15 is 0 Å². The average molecular weight is 371 g/mol. The third-order valence-electron chi connectivity index (χ3n) is 4.56. The minimum atomic E-state index is 0.775. The summed E-state index contributed by atoms with van der Waals surface area (Å²) in [6.45, 7) is 0. The number of thiocarbonyl (C=S) groups is 1. The van der Waals surface area contributed by atoms with Crippen molar-refractivity contribution in [1.29, 1.82) is 0 Å². The maximum absolute atomic E-state index is 6.22. The molecule has 0 bridgehead atoms. The monoisotopic (exact) mass is 371 g/mol. The van der Waals surface area contributed by atoms with Gasteiger partial charge in [0.05, 0.1) is 16.2 Å². The molecule has 132 valence electrons. The van der Waals surface area contributed by atoms with Crippen molar-refractivity contribution in [2.45, 2.75) is 0 Å². The first kappa shape index (κ1) is 17.2. The molecule has 1 N–H and O–H groups in total. The van der Waals surface area contributed by atoms with Crippen molar-refractivity contribution in [2.24, 2.45) is 9.98 Å². The van der Waals surface area contributed by atoms with Gasteiger partial charge < -0.3 is 9.73 Å². The lowest BCUT2D eigenvalue weighted by Gasteiger charge is -2.16. The summed E-state index contributed by atoms with van der Waals surface area (Å²) in [7, 11) is 3.67. The molecule has 4 nitrogen and oxygen atoms in total. The van der Waals surface area contributed by atoms with Crippen molar-refractivity contribution in [1.82, 2.24) is 0 Å². The van der Waals surface area contributed by atoms with Crippen molar-refractivity contribution < 1.29 is 4.42 Å². The summed E-state index contributed by atoms with van der Waals surface area (Å²) in [5.74, 6) is 0.789. The van der Waals surface area contributed by atoms with E-state index in [1.165, 1.54) is 0 Å². The van der Waals surface area contributed by atoms with E-state index in [0.29, 0.717) is 0 Å². The largest absolute Gasteiger partial charge is 0.456 e. The van der Waals surface area contributed by atoms with Gasteiger partial charge in [-0.25, -0.2) is 0 Å². The first-order chi connectivity index (χ1) is 13.2. The predicted octanol–water partition coefficient (Wildman–Crippen LogP) is 5.51. The first-order valence-corrected chi connectivity index (χ1v) is 8.94. The zero-order valence-electron chi connectivity index (χ0n) is 15.0. The van der Waals surface area contributed by atoms with Gasteiger partial charge in [-0.15, -0.1) is 0 Å². The number of anilines is 1. The van der Waals surface area contributed by atoms with E-state index in [0.717, 1.165) is 50.2 Å². The average Bonchev–Trinajstić information content (AvgIpc) is 2.71. The molecule has 0 saturated carbocycles. The van der Waals surface area contributed by atoms with Gasteiger partial charge in [-0.3, -0.25) is 4.99 Å². The molecule has 0 spiro atoms. The number of benzene rings is 3. The summed E-state index contributed by atoms with van der Waals surface area (Å²) in [5.41, 5.74) is 5.74. The summed E-state index contributed by atoms with van der Waals surface area (Å²) in [6, 6.07) is 20.1. The van der Waals surface area contributed by atoms with E-state index in [-0.39, 0.29) is 0 Å². The summed E-state index contributed by atoms with van der Waals surface area (Å²) in [6.07, 6.45) is 0. The van der Waals surface area contributed by atoms with Crippen LogP contribution in [0, 0.1) is 0 Å². The molecule has 0 aromatic heterocycles. The van der Waals surface area contributed by atoms with Gasteiger partial charge in [0, 0.05) is 48.4 Å². The van der Waals surface area contributed by atoms with Crippen LogP contribution in [0.15, 0.2) is 75.1 Å². The molecule has 2 aromatic carbocycles. The molecule has 1 aliphatic carbocycles. The van der Waals surface area contributed by atoms with Crippen molar-refractivity contribution >= 4 is 39.7 Å². The Morgan fingerprint density at radius 2 is 1.93 bits per heavy atom. The summed E-state index contributed by atoms with van der Waals surface area (Å²) < 4.78 is 6.22. The Bertz CT molecular complexity index is 1240. The van der Waals surface area contributed by atoms with Crippen LogP contribution >= 0.6 is 12.2 Å². The number of isothiocyanates is 1. The van der Waals surface area contributed by atoms with Gasteiger partial charge in [-0.1, -0.05) is 12.1 Å². The van der Waals surface area contributed by atoms with E-state index in [4.69, 9.17) is 16.6 Å². The number of rotatable bonds is 3. The SMILES string of the molecule is CN=c1ccc2c(-c3cccc(N=C=S)c3)c3ccc(NC)cc3oc-2c1. The van der Waals surface area contributed by atoms with E-state index < -0.39 is 0 Å². The van der Waals surface area contributed by atoms with Crippen LogP contribution in [0.25, 0.3) is 33.4 Å². The number of aliphatic imine (C=N–C) groups is 1. The molecule has 0 amide bonds. The van der Waals surface area contributed by atoms with Crippen LogP contribution in [0.3, 0.4) is 0 Å². The van der Waals surface area contributed by atoms with Gasteiger partial charge in [0.1, 0.15) is 11.3 Å². The zero-order valence-corrected chi connectivity index (χ0v) is 15.8. The van der Waals surface area contributed by atoms with Crippen molar-refractivity contribution in [2.75, 3.05) is 19.4 Å². The lowest BCUT2D eigenvalue weighted by molar-refractivity contribution is 0.619. The highest BCUT2D eigenvalue weighted by Crippen LogP contribution is 2.41. The molecule has 1 heterocycles. The van der Waals surface area contributed by atoms with Gasteiger partial charge in [0.15, 0.2) is 0 Å². The second-order valence-electron chi connectivity index (χ2n) is 6.10.